The van der Waals surface area contributed by atoms with Crippen LogP contribution in [0.15, 0.2) is 107 Å². The van der Waals surface area contributed by atoms with Crippen molar-refractivity contribution in [3.8, 4) is 0 Å². The lowest BCUT2D eigenvalue weighted by Crippen LogP contribution is -2.49. The van der Waals surface area contributed by atoms with Crippen LogP contribution >= 0.6 is 0 Å². The van der Waals surface area contributed by atoms with Crippen molar-refractivity contribution in [2.75, 3.05) is 4.90 Å². The molecule has 1 fully saturated rings. The highest BCUT2D eigenvalue weighted by atomic mass is 15.2. The van der Waals surface area contributed by atoms with E-state index in [0.717, 1.165) is 11.8 Å². The minimum Gasteiger partial charge on any atom is -0.361 e. The molecule has 0 radical (unpaired) electrons. The molecule has 1 aromatic rings. The Labute approximate surface area is 299 Å². The molecule has 0 spiro atoms. The Morgan fingerprint density at radius 1 is 0.551 bits per heavy atom. The van der Waals surface area contributed by atoms with Crippen LogP contribution in [0.4, 0.5) is 5.69 Å². The fraction of sp³-hybridized carbons (Fsp3) is 0.583. The van der Waals surface area contributed by atoms with Crippen LogP contribution in [0.1, 0.15) is 146 Å². The van der Waals surface area contributed by atoms with E-state index in [-0.39, 0.29) is 0 Å². The first-order valence-corrected chi connectivity index (χ1v) is 21.0. The molecule has 0 aromatic heterocycles. The molecule has 5 unspecified atom stereocenters. The zero-order valence-corrected chi connectivity index (χ0v) is 30.4. The van der Waals surface area contributed by atoms with Crippen molar-refractivity contribution in [1.82, 2.24) is 0 Å². The maximum Gasteiger partial charge on any atom is 0.0541 e. The minimum atomic E-state index is 0.464. The Kier molecular flexibility index (Phi) is 10.9. The van der Waals surface area contributed by atoms with Crippen molar-refractivity contribution in [2.45, 2.75) is 153 Å². The Hall–Kier alpha value is -2.80. The number of anilines is 1. The molecule has 49 heavy (non-hydrogen) atoms. The lowest BCUT2D eigenvalue weighted by Gasteiger charge is -2.48. The van der Waals surface area contributed by atoms with E-state index in [0.29, 0.717) is 29.8 Å². The molecule has 8 rings (SSSR count). The first-order chi connectivity index (χ1) is 24.3. The van der Waals surface area contributed by atoms with Gasteiger partial charge in [0.25, 0.3) is 0 Å². The predicted molar refractivity (Wildman–Crippen MR) is 210 cm³/mol. The summed E-state index contributed by atoms with van der Waals surface area (Å²) in [6.45, 7) is 0. The van der Waals surface area contributed by atoms with Gasteiger partial charge in [-0.25, -0.2) is 0 Å². The molecule has 0 saturated heterocycles. The SMILES string of the molecule is C1=CC(C2=CCC(c3ccccc3N(C3CCC(C4CC=CCC4)CC3)C3C=CCCC3C3=CC=C(C4=CCCCC4)CC3)CC2)CCC1. The highest BCUT2D eigenvalue weighted by Crippen LogP contribution is 2.47. The quantitative estimate of drug-likeness (QED) is 0.252. The Morgan fingerprint density at radius 3 is 2.20 bits per heavy atom. The zero-order valence-electron chi connectivity index (χ0n) is 30.4. The summed E-state index contributed by atoms with van der Waals surface area (Å²) in [4.78, 5) is 3.04. The number of hydrogen-bond donors (Lipinski definition) is 0. The van der Waals surface area contributed by atoms with Crippen LogP contribution in [0, 0.1) is 23.7 Å². The molecule has 0 N–H and O–H groups in total. The summed E-state index contributed by atoms with van der Waals surface area (Å²) >= 11 is 0. The standard InChI is InChI=1S/C48H63N/c1-4-14-36(15-5-1)39-24-28-42(29-25-39)45-20-10-12-22-47(45)49(44-34-32-41(33-35-44)38-18-8-3-9-19-38)48-23-13-11-21-46(48)43-30-26-40(27-31-43)37-16-6-2-7-17-37/h3-4,8,10,12-14,16,20,22-24,26,30,36,38,41-42,44,46,48H,1-2,5-7,9,11,15,17-19,21,25,27-29,31-35H2. The summed E-state index contributed by atoms with van der Waals surface area (Å²) in [5.74, 6) is 3.80. The third kappa shape index (κ3) is 7.62. The summed E-state index contributed by atoms with van der Waals surface area (Å²) in [7, 11) is 0. The van der Waals surface area contributed by atoms with Crippen LogP contribution < -0.4 is 4.90 Å². The maximum absolute atomic E-state index is 3.04. The van der Waals surface area contributed by atoms with E-state index in [4.69, 9.17) is 0 Å². The normalized spacial score (nSPS) is 33.7. The number of rotatable bonds is 8. The molecule has 1 saturated carbocycles. The summed E-state index contributed by atoms with van der Waals surface area (Å²) in [6.07, 6.45) is 53.2. The fourth-order valence-corrected chi connectivity index (χ4v) is 11.2. The second-order valence-corrected chi connectivity index (χ2v) is 16.8. The van der Waals surface area contributed by atoms with E-state index in [1.165, 1.54) is 135 Å². The van der Waals surface area contributed by atoms with Crippen LogP contribution in [0.25, 0.3) is 0 Å². The predicted octanol–water partition coefficient (Wildman–Crippen LogP) is 13.4. The number of hydrogen-bond acceptors (Lipinski definition) is 1. The molecule has 0 bridgehead atoms. The molecule has 260 valence electrons. The van der Waals surface area contributed by atoms with Crippen LogP contribution in [0.5, 0.6) is 0 Å². The van der Waals surface area contributed by atoms with Gasteiger partial charge in [0.15, 0.2) is 0 Å². The van der Waals surface area contributed by atoms with Gasteiger partial charge in [-0.1, -0.05) is 90.1 Å². The second-order valence-electron chi connectivity index (χ2n) is 16.8. The van der Waals surface area contributed by atoms with Crippen LogP contribution in [-0.4, -0.2) is 12.1 Å². The van der Waals surface area contributed by atoms with Crippen molar-refractivity contribution in [2.24, 2.45) is 23.7 Å². The summed E-state index contributed by atoms with van der Waals surface area (Å²) in [6, 6.07) is 10.9. The third-order valence-corrected chi connectivity index (χ3v) is 14.0. The first-order valence-electron chi connectivity index (χ1n) is 21.0. The van der Waals surface area contributed by atoms with Gasteiger partial charge in [-0.15, -0.1) is 0 Å². The molecule has 0 aliphatic heterocycles. The number of para-hydroxylation sites is 1. The van der Waals surface area contributed by atoms with Gasteiger partial charge in [-0.3, -0.25) is 0 Å². The van der Waals surface area contributed by atoms with Gasteiger partial charge in [0.1, 0.15) is 0 Å². The topological polar surface area (TPSA) is 3.24 Å². The maximum atomic E-state index is 3.04. The van der Waals surface area contributed by atoms with Gasteiger partial charge in [-0.2, -0.15) is 0 Å². The van der Waals surface area contributed by atoms with Gasteiger partial charge in [0.2, 0.25) is 0 Å². The molecule has 0 amide bonds. The van der Waals surface area contributed by atoms with Crippen molar-refractivity contribution in [3.05, 3.63) is 113 Å². The average molecular weight is 654 g/mol. The lowest BCUT2D eigenvalue weighted by atomic mass is 9.72. The Balaban J connectivity index is 1.09. The monoisotopic (exact) mass is 653 g/mol. The highest BCUT2D eigenvalue weighted by Gasteiger charge is 2.39. The highest BCUT2D eigenvalue weighted by molar-refractivity contribution is 5.59. The van der Waals surface area contributed by atoms with E-state index < -0.39 is 0 Å². The Morgan fingerprint density at radius 2 is 1.45 bits per heavy atom. The molecular formula is C48H63N. The minimum absolute atomic E-state index is 0.464. The van der Waals surface area contributed by atoms with E-state index in [1.807, 2.05) is 0 Å². The summed E-state index contributed by atoms with van der Waals surface area (Å²) < 4.78 is 0. The van der Waals surface area contributed by atoms with E-state index in [1.54, 1.807) is 33.5 Å². The van der Waals surface area contributed by atoms with Gasteiger partial charge in [-0.05, 0) is 181 Å². The third-order valence-electron chi connectivity index (χ3n) is 14.0. The molecule has 7 aliphatic rings. The smallest absolute Gasteiger partial charge is 0.0541 e. The molecule has 7 aliphatic carbocycles. The Bertz CT molecular complexity index is 1500. The molecule has 1 heteroatoms. The molecule has 5 atom stereocenters. The zero-order chi connectivity index (χ0) is 32.8. The summed E-state index contributed by atoms with van der Waals surface area (Å²) in [5.41, 5.74) is 9.97. The number of nitrogens with zero attached hydrogens (tertiary/aromatic N) is 1. The lowest BCUT2D eigenvalue weighted by molar-refractivity contribution is 0.210. The second kappa shape index (κ2) is 16.0. The van der Waals surface area contributed by atoms with Crippen LogP contribution in [0.2, 0.25) is 0 Å². The molecule has 1 aromatic carbocycles. The average Bonchev–Trinajstić information content (AvgIpc) is 3.20. The number of benzene rings is 1. The molecule has 0 heterocycles. The van der Waals surface area contributed by atoms with E-state index in [9.17, 15) is 0 Å². The van der Waals surface area contributed by atoms with Crippen molar-refractivity contribution >= 4 is 5.69 Å². The van der Waals surface area contributed by atoms with Crippen molar-refractivity contribution < 1.29 is 0 Å². The van der Waals surface area contributed by atoms with Crippen LogP contribution in [0.3, 0.4) is 0 Å². The van der Waals surface area contributed by atoms with Crippen LogP contribution in [-0.2, 0) is 0 Å². The van der Waals surface area contributed by atoms with Gasteiger partial charge in [0, 0.05) is 17.6 Å². The largest absolute Gasteiger partial charge is 0.361 e. The number of allylic oxidation sites excluding steroid dienone is 12. The van der Waals surface area contributed by atoms with Gasteiger partial charge in [0.05, 0.1) is 6.04 Å². The van der Waals surface area contributed by atoms with Crippen molar-refractivity contribution in [3.63, 3.8) is 0 Å². The summed E-state index contributed by atoms with van der Waals surface area (Å²) in [5, 5.41) is 0. The molecule has 1 nitrogen and oxygen atoms in total. The van der Waals surface area contributed by atoms with Gasteiger partial charge < -0.3 is 4.90 Å². The first kappa shape index (κ1) is 33.3. The van der Waals surface area contributed by atoms with E-state index >= 15 is 0 Å². The van der Waals surface area contributed by atoms with Gasteiger partial charge >= 0.3 is 0 Å². The molecular weight excluding hydrogens is 591 g/mol. The van der Waals surface area contributed by atoms with Crippen molar-refractivity contribution in [1.29, 1.82) is 0 Å². The fourth-order valence-electron chi connectivity index (χ4n) is 11.2. The van der Waals surface area contributed by atoms with E-state index in [2.05, 4.69) is 89.9 Å².